The summed E-state index contributed by atoms with van der Waals surface area (Å²) in [5.74, 6) is 2.74. The summed E-state index contributed by atoms with van der Waals surface area (Å²) in [6, 6.07) is 6.32. The Hall–Kier alpha value is -3.79. The Bertz CT molecular complexity index is 1520. The molecule has 7 nitrogen and oxygen atoms in total. The quantitative estimate of drug-likeness (QED) is 0.208. The average Bonchev–Trinajstić information content (AvgIpc) is 3.46. The van der Waals surface area contributed by atoms with Crippen LogP contribution >= 0.6 is 0 Å². The monoisotopic (exact) mass is 597 g/mol. The van der Waals surface area contributed by atoms with E-state index in [-0.39, 0.29) is 16.7 Å². The molecule has 1 amide bonds. The lowest BCUT2D eigenvalue weighted by molar-refractivity contribution is -0.0136. The summed E-state index contributed by atoms with van der Waals surface area (Å²) in [5.41, 5.74) is 5.25. The van der Waals surface area contributed by atoms with Crippen LogP contribution in [0.25, 0.3) is 21.9 Å². The minimum atomic E-state index is -0.560. The largest absolute Gasteiger partial charge is 0.416 e. The first-order valence-electron chi connectivity index (χ1n) is 15.9. The maximum Gasteiger partial charge on any atom is 0.416 e. The fourth-order valence-electron chi connectivity index (χ4n) is 7.46. The van der Waals surface area contributed by atoms with E-state index in [1.807, 2.05) is 0 Å². The molecule has 0 radical (unpaired) electrons. The van der Waals surface area contributed by atoms with Crippen LogP contribution in [0.5, 0.6) is 5.88 Å². The standard InChI is InChI=1S/C37H51N5O2/c1-13-15-41(16-14-2)35(43)44-34-31(38-12)28(33-39-32(40-42(33)34)26-18-23(3)17-24(4)19-26)22-27-29(36(6,7)8)20-25(5)21-30(27)37(9,10)11/h13-14,17-19,25,27,29-30H,1-2,15-16,20-22H2,3-11H3,(H,39,40). The molecule has 1 fully saturated rings. The summed E-state index contributed by atoms with van der Waals surface area (Å²) in [4.78, 5) is 24.0. The van der Waals surface area contributed by atoms with E-state index in [2.05, 4.69) is 104 Å². The van der Waals surface area contributed by atoms with Gasteiger partial charge in [-0.15, -0.1) is 13.2 Å². The number of carbonyl (C=O) groups is 1. The predicted octanol–water partition coefficient (Wildman–Crippen LogP) is 9.58. The van der Waals surface area contributed by atoms with E-state index < -0.39 is 6.09 Å². The average molecular weight is 598 g/mol. The van der Waals surface area contributed by atoms with Crippen molar-refractivity contribution in [1.82, 2.24) is 19.5 Å². The number of aromatic nitrogens is 3. The molecule has 0 saturated heterocycles. The highest BCUT2D eigenvalue weighted by molar-refractivity contribution is 5.80. The van der Waals surface area contributed by atoms with Crippen molar-refractivity contribution in [1.29, 1.82) is 0 Å². The van der Waals surface area contributed by atoms with E-state index in [1.54, 1.807) is 16.7 Å². The van der Waals surface area contributed by atoms with E-state index in [0.717, 1.165) is 35.1 Å². The van der Waals surface area contributed by atoms with Crippen LogP contribution in [0.3, 0.4) is 0 Å². The number of rotatable bonds is 8. The summed E-state index contributed by atoms with van der Waals surface area (Å²) in [6.07, 6.45) is 5.73. The molecule has 2 unspecified atom stereocenters. The van der Waals surface area contributed by atoms with Gasteiger partial charge in [0.2, 0.25) is 5.88 Å². The number of fused-ring (bicyclic) bond motifs is 1. The van der Waals surface area contributed by atoms with Crippen molar-refractivity contribution in [3.05, 3.63) is 71.6 Å². The zero-order valence-corrected chi connectivity index (χ0v) is 28.3. The number of aromatic amines is 1. The lowest BCUT2D eigenvalue weighted by Gasteiger charge is -2.51. The molecule has 44 heavy (non-hydrogen) atoms. The lowest BCUT2D eigenvalue weighted by atomic mass is 9.54. The van der Waals surface area contributed by atoms with Gasteiger partial charge in [0.25, 0.3) is 5.69 Å². The Morgan fingerprint density at radius 2 is 1.61 bits per heavy atom. The first-order valence-corrected chi connectivity index (χ1v) is 15.9. The number of hydrogen-bond acceptors (Lipinski definition) is 3. The van der Waals surface area contributed by atoms with Crippen molar-refractivity contribution in [2.45, 2.75) is 81.6 Å². The predicted molar refractivity (Wildman–Crippen MR) is 180 cm³/mol. The molecule has 236 valence electrons. The molecule has 1 aromatic carbocycles. The van der Waals surface area contributed by atoms with Gasteiger partial charge in [-0.1, -0.05) is 77.8 Å². The summed E-state index contributed by atoms with van der Waals surface area (Å²) in [5, 5.41) is 3.39. The lowest BCUT2D eigenvalue weighted by Crippen LogP contribution is -2.44. The molecular weight excluding hydrogens is 546 g/mol. The van der Waals surface area contributed by atoms with Crippen LogP contribution < -0.4 is 4.74 Å². The zero-order valence-electron chi connectivity index (χ0n) is 28.3. The van der Waals surface area contributed by atoms with Crippen LogP contribution in [0, 0.1) is 54.9 Å². The van der Waals surface area contributed by atoms with Gasteiger partial charge < -0.3 is 9.64 Å². The molecule has 2 aromatic heterocycles. The van der Waals surface area contributed by atoms with Gasteiger partial charge in [0.05, 0.1) is 6.57 Å². The number of ether oxygens (including phenoxy) is 1. The Kier molecular flexibility index (Phi) is 9.54. The van der Waals surface area contributed by atoms with E-state index >= 15 is 0 Å². The minimum Gasteiger partial charge on any atom is -0.402 e. The number of H-pyrrole nitrogens is 1. The third-order valence-corrected chi connectivity index (χ3v) is 9.37. The molecule has 4 rings (SSSR count). The van der Waals surface area contributed by atoms with E-state index in [4.69, 9.17) is 16.3 Å². The molecule has 3 aromatic rings. The van der Waals surface area contributed by atoms with E-state index in [0.29, 0.717) is 60.3 Å². The number of benzene rings is 1. The molecule has 0 spiro atoms. The van der Waals surface area contributed by atoms with Gasteiger partial charge in [-0.2, -0.15) is 0 Å². The molecule has 1 saturated carbocycles. The second kappa shape index (κ2) is 12.7. The first-order chi connectivity index (χ1) is 20.6. The number of nitrogens with one attached hydrogen (secondary N) is 1. The van der Waals surface area contributed by atoms with Gasteiger partial charge in [0, 0.05) is 24.2 Å². The molecule has 1 N–H and O–H groups in total. The fraction of sp³-hybridized carbons (Fsp3) is 0.541. The maximum atomic E-state index is 13.4. The van der Waals surface area contributed by atoms with Crippen LogP contribution in [0.2, 0.25) is 0 Å². The molecular formula is C37H51N5O2. The summed E-state index contributed by atoms with van der Waals surface area (Å²) in [6.45, 7) is 37.1. The molecule has 0 bridgehead atoms. The Morgan fingerprint density at radius 3 is 2.09 bits per heavy atom. The van der Waals surface area contributed by atoms with Gasteiger partial charge in [0.15, 0.2) is 5.82 Å². The van der Waals surface area contributed by atoms with Crippen molar-refractivity contribution < 1.29 is 9.53 Å². The highest BCUT2D eigenvalue weighted by Crippen LogP contribution is 2.54. The van der Waals surface area contributed by atoms with Crippen molar-refractivity contribution in [2.24, 2.45) is 34.5 Å². The Labute approximate surface area is 264 Å². The van der Waals surface area contributed by atoms with Crippen LogP contribution in [-0.4, -0.2) is 38.7 Å². The van der Waals surface area contributed by atoms with Crippen LogP contribution in [-0.2, 0) is 6.42 Å². The second-order valence-electron chi connectivity index (χ2n) is 15.1. The number of hydrogen-bond donors (Lipinski definition) is 1. The molecule has 7 heteroatoms. The second-order valence-corrected chi connectivity index (χ2v) is 15.1. The highest BCUT2D eigenvalue weighted by atomic mass is 16.6. The maximum absolute atomic E-state index is 13.4. The van der Waals surface area contributed by atoms with Crippen LogP contribution in [0.15, 0.2) is 43.5 Å². The van der Waals surface area contributed by atoms with Crippen molar-refractivity contribution in [3.63, 3.8) is 0 Å². The van der Waals surface area contributed by atoms with Gasteiger partial charge in [-0.25, -0.2) is 19.1 Å². The van der Waals surface area contributed by atoms with Crippen molar-refractivity contribution in [2.75, 3.05) is 13.1 Å². The molecule has 2 heterocycles. The number of nitrogens with zero attached hydrogens (tertiary/aromatic N) is 4. The normalized spacial score (nSPS) is 20.7. The van der Waals surface area contributed by atoms with Crippen LogP contribution in [0.4, 0.5) is 10.5 Å². The van der Waals surface area contributed by atoms with Crippen LogP contribution in [0.1, 0.15) is 78.0 Å². The zero-order chi connectivity index (χ0) is 32.6. The molecule has 1 aliphatic rings. The van der Waals surface area contributed by atoms with E-state index in [1.165, 1.54) is 4.90 Å². The molecule has 1 aliphatic carbocycles. The minimum absolute atomic E-state index is 0.0982. The van der Waals surface area contributed by atoms with E-state index in [9.17, 15) is 4.79 Å². The van der Waals surface area contributed by atoms with Crippen molar-refractivity contribution in [3.8, 4) is 17.3 Å². The first kappa shape index (κ1) is 33.1. The SMILES string of the molecule is [C-]#[N+]c1c(CC2C(C(C)(C)C)CC(C)CC2C(C)(C)C)c2nc(-c3cc(C)cc(C)c3)[nH]n2c1OC(=O)N(CC=C)CC=C. The topological polar surface area (TPSA) is 67.0 Å². The molecule has 0 aliphatic heterocycles. The number of carbonyl (C=O) groups excluding carboxylic acids is 1. The summed E-state index contributed by atoms with van der Waals surface area (Å²) >= 11 is 0. The summed E-state index contributed by atoms with van der Waals surface area (Å²) in [7, 11) is 0. The molecule has 2 atom stereocenters. The summed E-state index contributed by atoms with van der Waals surface area (Å²) < 4.78 is 7.76. The van der Waals surface area contributed by atoms with Crippen molar-refractivity contribution >= 4 is 17.4 Å². The van der Waals surface area contributed by atoms with Gasteiger partial charge in [0.1, 0.15) is 5.65 Å². The third kappa shape index (κ3) is 6.80. The third-order valence-electron chi connectivity index (χ3n) is 9.37. The van der Waals surface area contributed by atoms with Gasteiger partial charge in [-0.3, -0.25) is 5.10 Å². The highest BCUT2D eigenvalue weighted by Gasteiger charge is 2.46. The number of aryl methyl sites for hydroxylation is 2. The van der Waals surface area contributed by atoms with Gasteiger partial charge in [-0.05, 0) is 79.7 Å². The van der Waals surface area contributed by atoms with Gasteiger partial charge >= 0.3 is 6.09 Å². The smallest absolute Gasteiger partial charge is 0.402 e. The Balaban J connectivity index is 1.93. The fourth-order valence-corrected chi connectivity index (χ4v) is 7.46. The number of amides is 1. The Morgan fingerprint density at radius 1 is 1.07 bits per heavy atom.